The number of carbonyl (C=O) groups is 1. The van der Waals surface area contributed by atoms with E-state index >= 15 is 0 Å². The minimum Gasteiger partial charge on any atom is -0.497 e. The third kappa shape index (κ3) is 3.90. The molecule has 0 aliphatic heterocycles. The van der Waals surface area contributed by atoms with E-state index in [1.54, 1.807) is 48.5 Å². The second kappa shape index (κ2) is 8.24. The predicted molar refractivity (Wildman–Crippen MR) is 122 cm³/mol. The van der Waals surface area contributed by atoms with Crippen molar-refractivity contribution in [2.24, 2.45) is 0 Å². The largest absolute Gasteiger partial charge is 0.497 e. The second-order valence-electron chi connectivity index (χ2n) is 7.11. The van der Waals surface area contributed by atoms with Crippen LogP contribution in [0.3, 0.4) is 0 Å². The Morgan fingerprint density at radius 3 is 2.13 bits per heavy atom. The van der Waals surface area contributed by atoms with Gasteiger partial charge in [-0.25, -0.2) is 8.42 Å². The Morgan fingerprint density at radius 2 is 1.45 bits per heavy atom. The van der Waals surface area contributed by atoms with Crippen molar-refractivity contribution in [1.82, 2.24) is 0 Å². The number of carbonyl (C=O) groups excluding carboxylic acids is 1. The van der Waals surface area contributed by atoms with Gasteiger partial charge in [0.15, 0.2) is 0 Å². The van der Waals surface area contributed by atoms with E-state index in [2.05, 4.69) is 0 Å². The number of hydrogen-bond acceptors (Lipinski definition) is 4. The topological polar surface area (TPSA) is 63.7 Å². The average Bonchev–Trinajstić information content (AvgIpc) is 2.79. The molecule has 4 rings (SSSR count). The normalized spacial score (nSPS) is 11.3. The van der Waals surface area contributed by atoms with Crippen molar-refractivity contribution >= 4 is 32.4 Å². The quantitative estimate of drug-likeness (QED) is 0.436. The zero-order valence-corrected chi connectivity index (χ0v) is 18.0. The van der Waals surface area contributed by atoms with Gasteiger partial charge in [-0.3, -0.25) is 4.79 Å². The predicted octanol–water partition coefficient (Wildman–Crippen LogP) is 5.19. The average molecular weight is 432 g/mol. The van der Waals surface area contributed by atoms with Gasteiger partial charge in [0, 0.05) is 5.56 Å². The summed E-state index contributed by atoms with van der Waals surface area (Å²) >= 11 is 0. The molecule has 5 nitrogen and oxygen atoms in total. The minimum atomic E-state index is -4.16. The Bertz CT molecular complexity index is 1340. The molecule has 0 aliphatic carbocycles. The molecule has 156 valence electrons. The number of methoxy groups -OCH3 is 1. The van der Waals surface area contributed by atoms with Gasteiger partial charge in [0.2, 0.25) is 0 Å². The van der Waals surface area contributed by atoms with Crippen LogP contribution in [0.25, 0.3) is 10.8 Å². The number of rotatable bonds is 5. The summed E-state index contributed by atoms with van der Waals surface area (Å²) in [6.07, 6.45) is 0. The van der Waals surface area contributed by atoms with Crippen LogP contribution in [0.1, 0.15) is 15.9 Å². The first kappa shape index (κ1) is 20.6. The molecule has 0 radical (unpaired) electrons. The first-order valence-corrected chi connectivity index (χ1v) is 11.1. The fourth-order valence-electron chi connectivity index (χ4n) is 3.42. The highest BCUT2D eigenvalue weighted by Crippen LogP contribution is 2.30. The molecule has 0 fully saturated rings. The number of anilines is 1. The summed E-state index contributed by atoms with van der Waals surface area (Å²) in [5.74, 6) is -0.0587. The van der Waals surface area contributed by atoms with Gasteiger partial charge in [0.05, 0.1) is 17.7 Å². The van der Waals surface area contributed by atoms with Crippen LogP contribution in [0, 0.1) is 6.92 Å². The van der Waals surface area contributed by atoms with Crippen molar-refractivity contribution in [2.75, 3.05) is 11.4 Å². The molecule has 0 bridgehead atoms. The van der Waals surface area contributed by atoms with Crippen LogP contribution in [-0.4, -0.2) is 21.4 Å². The van der Waals surface area contributed by atoms with Crippen LogP contribution < -0.4 is 9.04 Å². The lowest BCUT2D eigenvalue weighted by Crippen LogP contribution is -2.37. The van der Waals surface area contributed by atoms with Crippen LogP contribution in [0.5, 0.6) is 5.75 Å². The molecule has 0 aromatic heterocycles. The lowest BCUT2D eigenvalue weighted by Gasteiger charge is -2.23. The highest BCUT2D eigenvalue weighted by Gasteiger charge is 2.32. The van der Waals surface area contributed by atoms with Crippen LogP contribution >= 0.6 is 0 Å². The van der Waals surface area contributed by atoms with Gasteiger partial charge in [-0.1, -0.05) is 54.1 Å². The standard InChI is InChI=1S/C25H21NO4S/c1-18-10-16-22(17-11-18)31(28,29)26(20-12-14-21(30-2)15-13-20)25(27)24-9-5-7-19-6-3-4-8-23(19)24/h3-17H,1-2H3. The van der Waals surface area contributed by atoms with E-state index in [0.29, 0.717) is 16.7 Å². The van der Waals surface area contributed by atoms with Crippen molar-refractivity contribution in [3.8, 4) is 5.75 Å². The summed E-state index contributed by atoms with van der Waals surface area (Å²) < 4.78 is 33.3. The minimum absolute atomic E-state index is 0.0440. The summed E-state index contributed by atoms with van der Waals surface area (Å²) in [4.78, 5) is 13.8. The van der Waals surface area contributed by atoms with Gasteiger partial charge < -0.3 is 4.74 Å². The van der Waals surface area contributed by atoms with Gasteiger partial charge >= 0.3 is 0 Å². The molecule has 6 heteroatoms. The highest BCUT2D eigenvalue weighted by molar-refractivity contribution is 7.93. The van der Waals surface area contributed by atoms with E-state index in [-0.39, 0.29) is 10.6 Å². The maximum absolute atomic E-state index is 13.7. The van der Waals surface area contributed by atoms with Crippen LogP contribution in [0.15, 0.2) is 95.9 Å². The third-order valence-corrected chi connectivity index (χ3v) is 6.80. The highest BCUT2D eigenvalue weighted by atomic mass is 32.2. The summed E-state index contributed by atoms with van der Waals surface area (Å²) in [5, 5.41) is 1.54. The Hall–Kier alpha value is -3.64. The van der Waals surface area contributed by atoms with Crippen molar-refractivity contribution in [2.45, 2.75) is 11.8 Å². The zero-order valence-electron chi connectivity index (χ0n) is 17.1. The smallest absolute Gasteiger partial charge is 0.272 e. The van der Waals surface area contributed by atoms with Crippen molar-refractivity contribution in [3.63, 3.8) is 0 Å². The molecule has 0 atom stereocenters. The number of fused-ring (bicyclic) bond motifs is 1. The van der Waals surface area contributed by atoms with Crippen molar-refractivity contribution in [1.29, 1.82) is 0 Å². The van der Waals surface area contributed by atoms with Gasteiger partial charge in [-0.2, -0.15) is 4.31 Å². The summed E-state index contributed by atoms with van der Waals surface area (Å²) in [6.45, 7) is 1.87. The van der Waals surface area contributed by atoms with Crippen LogP contribution in [0.4, 0.5) is 5.69 Å². The van der Waals surface area contributed by atoms with E-state index in [0.717, 1.165) is 15.3 Å². The van der Waals surface area contributed by atoms with Gasteiger partial charge in [0.25, 0.3) is 15.9 Å². The lowest BCUT2D eigenvalue weighted by molar-refractivity contribution is 0.101. The van der Waals surface area contributed by atoms with Crippen molar-refractivity contribution in [3.05, 3.63) is 102 Å². The fourth-order valence-corrected chi connectivity index (χ4v) is 4.83. The molecular weight excluding hydrogens is 410 g/mol. The van der Waals surface area contributed by atoms with E-state index in [9.17, 15) is 13.2 Å². The molecule has 0 saturated heterocycles. The number of nitrogens with zero attached hydrogens (tertiary/aromatic N) is 1. The van der Waals surface area contributed by atoms with Crippen molar-refractivity contribution < 1.29 is 17.9 Å². The maximum atomic E-state index is 13.7. The summed E-state index contributed by atoms with van der Waals surface area (Å²) in [5.41, 5.74) is 1.47. The summed E-state index contributed by atoms with van der Waals surface area (Å²) in [6, 6.07) is 25.5. The molecule has 4 aromatic carbocycles. The first-order chi connectivity index (χ1) is 14.9. The SMILES string of the molecule is COc1ccc(N(C(=O)c2cccc3ccccc23)S(=O)(=O)c2ccc(C)cc2)cc1. The number of hydrogen-bond donors (Lipinski definition) is 0. The molecule has 0 saturated carbocycles. The van der Waals surface area contributed by atoms with E-state index in [4.69, 9.17) is 4.74 Å². The summed E-state index contributed by atoms with van der Waals surface area (Å²) in [7, 11) is -2.64. The van der Waals surface area contributed by atoms with Gasteiger partial charge in [-0.15, -0.1) is 0 Å². The van der Waals surface area contributed by atoms with Crippen LogP contribution in [-0.2, 0) is 10.0 Å². The fraction of sp³-hybridized carbons (Fsp3) is 0.0800. The zero-order chi connectivity index (χ0) is 22.0. The molecular formula is C25H21NO4S. The number of sulfonamides is 1. The first-order valence-electron chi connectivity index (χ1n) is 9.70. The molecule has 31 heavy (non-hydrogen) atoms. The Labute approximate surface area is 181 Å². The van der Waals surface area contributed by atoms with Gasteiger partial charge in [0.1, 0.15) is 5.75 Å². The Morgan fingerprint density at radius 1 is 0.806 bits per heavy atom. The molecule has 0 N–H and O–H groups in total. The Kier molecular flexibility index (Phi) is 5.48. The molecule has 4 aromatic rings. The molecule has 0 spiro atoms. The monoisotopic (exact) mass is 431 g/mol. The van der Waals surface area contributed by atoms with Gasteiger partial charge in [-0.05, 0) is 60.2 Å². The van der Waals surface area contributed by atoms with E-state index < -0.39 is 15.9 Å². The maximum Gasteiger partial charge on any atom is 0.272 e. The molecule has 0 heterocycles. The lowest BCUT2D eigenvalue weighted by atomic mass is 10.0. The van der Waals surface area contributed by atoms with E-state index in [1.807, 2.05) is 37.3 Å². The molecule has 0 unspecified atom stereocenters. The van der Waals surface area contributed by atoms with E-state index in [1.165, 1.54) is 19.2 Å². The number of aryl methyl sites for hydroxylation is 1. The molecule has 1 amide bonds. The Balaban J connectivity index is 1.91. The number of amides is 1. The molecule has 0 aliphatic rings. The number of benzene rings is 4. The number of ether oxygens (including phenoxy) is 1. The third-order valence-electron chi connectivity index (χ3n) is 5.07. The second-order valence-corrected chi connectivity index (χ2v) is 8.90. The van der Waals surface area contributed by atoms with Crippen LogP contribution in [0.2, 0.25) is 0 Å².